The number of piperidine rings is 1. The molecule has 1 N–H and O–H groups in total. The van der Waals surface area contributed by atoms with E-state index in [9.17, 15) is 13.2 Å². The van der Waals surface area contributed by atoms with E-state index >= 15 is 0 Å². The van der Waals surface area contributed by atoms with Crippen LogP contribution in [0.1, 0.15) is 18.4 Å². The molecule has 2 aliphatic heterocycles. The van der Waals surface area contributed by atoms with E-state index in [0.717, 1.165) is 16.5 Å². The van der Waals surface area contributed by atoms with Crippen molar-refractivity contribution in [2.75, 3.05) is 19.9 Å². The monoisotopic (exact) mass is 455 g/mol. The van der Waals surface area contributed by atoms with Gasteiger partial charge < -0.3 is 19.4 Å². The smallest absolute Gasteiger partial charge is 0.243 e. The molecule has 0 radical (unpaired) electrons. The number of rotatable bonds is 5. The Kier molecular flexibility index (Phi) is 5.30. The third-order valence-corrected chi connectivity index (χ3v) is 8.01. The zero-order valence-electron chi connectivity index (χ0n) is 17.8. The highest BCUT2D eigenvalue weighted by molar-refractivity contribution is 7.89. The Bertz CT molecular complexity index is 1280. The third kappa shape index (κ3) is 3.82. The van der Waals surface area contributed by atoms with Crippen molar-refractivity contribution in [1.29, 1.82) is 0 Å². The van der Waals surface area contributed by atoms with Gasteiger partial charge in [-0.1, -0.05) is 6.07 Å². The number of nitrogens with zero attached hydrogens (tertiary/aromatic N) is 2. The lowest BCUT2D eigenvalue weighted by atomic mass is 9.98. The molecular weight excluding hydrogens is 430 g/mol. The zero-order chi connectivity index (χ0) is 22.3. The summed E-state index contributed by atoms with van der Waals surface area (Å²) in [6, 6.07) is 12.6. The molecule has 1 fully saturated rings. The summed E-state index contributed by atoms with van der Waals surface area (Å²) in [6.07, 6.45) is 3.22. The molecule has 3 aromatic rings. The molecule has 1 unspecified atom stereocenters. The van der Waals surface area contributed by atoms with Crippen molar-refractivity contribution in [2.24, 2.45) is 13.0 Å². The maximum Gasteiger partial charge on any atom is 0.243 e. The van der Waals surface area contributed by atoms with Gasteiger partial charge in [0.05, 0.1) is 10.8 Å². The first-order valence-corrected chi connectivity index (χ1v) is 12.1. The van der Waals surface area contributed by atoms with Gasteiger partial charge in [0.2, 0.25) is 22.7 Å². The highest BCUT2D eigenvalue weighted by Crippen LogP contribution is 2.32. The fourth-order valence-corrected chi connectivity index (χ4v) is 5.89. The van der Waals surface area contributed by atoms with Crippen LogP contribution in [0, 0.1) is 5.92 Å². The van der Waals surface area contributed by atoms with Crippen molar-refractivity contribution >= 4 is 26.8 Å². The molecule has 9 heteroatoms. The van der Waals surface area contributed by atoms with E-state index in [-0.39, 0.29) is 30.1 Å². The predicted molar refractivity (Wildman–Crippen MR) is 119 cm³/mol. The van der Waals surface area contributed by atoms with Crippen LogP contribution in [-0.4, -0.2) is 43.1 Å². The van der Waals surface area contributed by atoms with E-state index in [0.29, 0.717) is 37.4 Å². The molecular formula is C23H25N3O5S. The van der Waals surface area contributed by atoms with Crippen molar-refractivity contribution in [3.05, 3.63) is 54.2 Å². The second-order valence-corrected chi connectivity index (χ2v) is 10.2. The summed E-state index contributed by atoms with van der Waals surface area (Å²) in [4.78, 5) is 13.1. The Morgan fingerprint density at radius 3 is 2.84 bits per heavy atom. The van der Waals surface area contributed by atoms with Crippen LogP contribution in [0.2, 0.25) is 0 Å². The van der Waals surface area contributed by atoms with Gasteiger partial charge >= 0.3 is 0 Å². The Balaban J connectivity index is 1.26. The van der Waals surface area contributed by atoms with Crippen LogP contribution in [0.5, 0.6) is 11.5 Å². The molecule has 0 spiro atoms. The van der Waals surface area contributed by atoms with E-state index in [2.05, 4.69) is 5.32 Å². The van der Waals surface area contributed by atoms with Crippen LogP contribution in [0.4, 0.5) is 0 Å². The zero-order valence-corrected chi connectivity index (χ0v) is 18.6. The Morgan fingerprint density at radius 1 is 1.12 bits per heavy atom. The average Bonchev–Trinajstić information content (AvgIpc) is 3.43. The van der Waals surface area contributed by atoms with Crippen LogP contribution in [-0.2, 0) is 28.4 Å². The molecule has 168 valence electrons. The van der Waals surface area contributed by atoms with Crippen molar-refractivity contribution in [3.8, 4) is 11.5 Å². The maximum atomic E-state index is 13.3. The lowest BCUT2D eigenvalue weighted by molar-refractivity contribution is -0.126. The first-order chi connectivity index (χ1) is 15.4. The van der Waals surface area contributed by atoms with Gasteiger partial charge in [-0.2, -0.15) is 4.31 Å². The van der Waals surface area contributed by atoms with Crippen molar-refractivity contribution < 1.29 is 22.7 Å². The van der Waals surface area contributed by atoms with Gasteiger partial charge in [0.25, 0.3) is 0 Å². The number of hydrogen-bond acceptors (Lipinski definition) is 5. The molecule has 1 aromatic heterocycles. The van der Waals surface area contributed by atoms with Gasteiger partial charge in [-0.15, -0.1) is 0 Å². The summed E-state index contributed by atoms with van der Waals surface area (Å²) in [5.74, 6) is 0.845. The summed E-state index contributed by atoms with van der Waals surface area (Å²) in [5, 5.41) is 3.82. The quantitative estimate of drug-likeness (QED) is 0.639. The van der Waals surface area contributed by atoms with Crippen LogP contribution in [0.15, 0.2) is 53.6 Å². The lowest BCUT2D eigenvalue weighted by Gasteiger charge is -2.31. The van der Waals surface area contributed by atoms with E-state index in [1.54, 1.807) is 12.1 Å². The Labute approximate surface area is 186 Å². The van der Waals surface area contributed by atoms with E-state index in [1.807, 2.05) is 48.1 Å². The number of nitrogens with one attached hydrogen (secondary N) is 1. The molecule has 0 aliphatic carbocycles. The molecule has 1 atom stereocenters. The van der Waals surface area contributed by atoms with Gasteiger partial charge in [-0.05, 0) is 54.8 Å². The minimum atomic E-state index is -3.67. The first-order valence-electron chi connectivity index (χ1n) is 10.6. The molecule has 2 aliphatic rings. The number of carbonyl (C=O) groups excluding carboxylic acids is 1. The van der Waals surface area contributed by atoms with Crippen molar-refractivity contribution in [2.45, 2.75) is 24.3 Å². The normalized spacial score (nSPS) is 18.7. The second kappa shape index (κ2) is 8.14. The largest absolute Gasteiger partial charge is 0.454 e. The van der Waals surface area contributed by atoms with Crippen molar-refractivity contribution in [1.82, 2.24) is 14.2 Å². The predicted octanol–water partition coefficient (Wildman–Crippen LogP) is 2.62. The maximum absolute atomic E-state index is 13.3. The average molecular weight is 456 g/mol. The molecule has 0 bridgehead atoms. The van der Waals surface area contributed by atoms with Gasteiger partial charge in [0, 0.05) is 43.8 Å². The molecule has 1 saturated heterocycles. The number of carbonyl (C=O) groups is 1. The third-order valence-electron chi connectivity index (χ3n) is 6.15. The Hall–Kier alpha value is -3.04. The molecule has 2 aromatic carbocycles. The molecule has 3 heterocycles. The van der Waals surface area contributed by atoms with Gasteiger partial charge in [0.1, 0.15) is 0 Å². The van der Waals surface area contributed by atoms with E-state index < -0.39 is 10.0 Å². The molecule has 1 amide bonds. The number of aromatic nitrogens is 1. The molecule has 32 heavy (non-hydrogen) atoms. The minimum Gasteiger partial charge on any atom is -0.454 e. The van der Waals surface area contributed by atoms with Crippen LogP contribution >= 0.6 is 0 Å². The topological polar surface area (TPSA) is 89.9 Å². The van der Waals surface area contributed by atoms with Gasteiger partial charge in [0.15, 0.2) is 11.5 Å². The number of ether oxygens (including phenoxy) is 2. The molecule has 8 nitrogen and oxygen atoms in total. The highest BCUT2D eigenvalue weighted by atomic mass is 32.2. The number of amides is 1. The number of sulfonamides is 1. The summed E-state index contributed by atoms with van der Waals surface area (Å²) >= 11 is 0. The molecule has 5 rings (SSSR count). The van der Waals surface area contributed by atoms with E-state index in [4.69, 9.17) is 9.47 Å². The second-order valence-electron chi connectivity index (χ2n) is 8.25. The summed E-state index contributed by atoms with van der Waals surface area (Å²) in [5.41, 5.74) is 1.88. The first kappa shape index (κ1) is 20.8. The standard InChI is InChI=1S/C23H25N3O5S/c1-25-10-8-17-12-19(5-6-20(17)25)32(28,29)26-9-2-3-18(14-26)23(27)24-13-16-4-7-21-22(11-16)31-15-30-21/h4-8,10-12,18H,2-3,9,13-15H2,1H3,(H,24,27). The van der Waals surface area contributed by atoms with Crippen LogP contribution in [0.3, 0.4) is 0 Å². The fraction of sp³-hybridized carbons (Fsp3) is 0.348. The lowest BCUT2D eigenvalue weighted by Crippen LogP contribution is -2.45. The van der Waals surface area contributed by atoms with Crippen LogP contribution in [0.25, 0.3) is 10.9 Å². The molecule has 0 saturated carbocycles. The summed E-state index contributed by atoms with van der Waals surface area (Å²) in [6.45, 7) is 1.15. The van der Waals surface area contributed by atoms with Crippen molar-refractivity contribution in [3.63, 3.8) is 0 Å². The van der Waals surface area contributed by atoms with Gasteiger partial charge in [-0.3, -0.25) is 4.79 Å². The number of benzene rings is 2. The van der Waals surface area contributed by atoms with E-state index in [1.165, 1.54) is 4.31 Å². The Morgan fingerprint density at radius 2 is 1.97 bits per heavy atom. The number of aryl methyl sites for hydroxylation is 1. The SMILES string of the molecule is Cn1ccc2cc(S(=O)(=O)N3CCCC(C(=O)NCc4ccc5c(c4)OCO5)C3)ccc21. The fourth-order valence-electron chi connectivity index (χ4n) is 4.33. The summed E-state index contributed by atoms with van der Waals surface area (Å²) in [7, 11) is -1.75. The number of hydrogen-bond donors (Lipinski definition) is 1. The minimum absolute atomic E-state index is 0.138. The number of fused-ring (bicyclic) bond motifs is 2. The van der Waals surface area contributed by atoms with Crippen LogP contribution < -0.4 is 14.8 Å². The highest BCUT2D eigenvalue weighted by Gasteiger charge is 2.33. The summed E-state index contributed by atoms with van der Waals surface area (Å²) < 4.78 is 40.6. The van der Waals surface area contributed by atoms with Gasteiger partial charge in [-0.25, -0.2) is 8.42 Å².